The first kappa shape index (κ1) is 15.5. The van der Waals surface area contributed by atoms with Crippen LogP contribution in [0.25, 0.3) is 0 Å². The highest BCUT2D eigenvalue weighted by Crippen LogP contribution is 2.31. The van der Waals surface area contributed by atoms with Gasteiger partial charge in [0.1, 0.15) is 6.07 Å². The molecule has 2 aromatic rings. The van der Waals surface area contributed by atoms with Gasteiger partial charge in [-0.25, -0.2) is 4.39 Å². The lowest BCUT2D eigenvalue weighted by Crippen LogP contribution is -2.02. The van der Waals surface area contributed by atoms with Crippen molar-refractivity contribution >= 4 is 27.3 Å². The predicted molar refractivity (Wildman–Crippen MR) is 87.3 cm³/mol. The number of anilines is 2. The Balaban J connectivity index is 2.49. The number of nitrogens with zero attached hydrogens (tertiary/aromatic N) is 1. The van der Waals surface area contributed by atoms with E-state index in [-0.39, 0.29) is 10.0 Å². The van der Waals surface area contributed by atoms with E-state index >= 15 is 0 Å². The Kier molecular flexibility index (Phi) is 4.98. The first-order valence-corrected chi connectivity index (χ1v) is 7.67. The maximum absolute atomic E-state index is 14.3. The molecule has 0 unspecified atom stereocenters. The fourth-order valence-electron chi connectivity index (χ4n) is 2.27. The highest BCUT2D eigenvalue weighted by molar-refractivity contribution is 9.10. The molecule has 0 aliphatic carbocycles. The van der Waals surface area contributed by atoms with Crippen LogP contribution in [-0.2, 0) is 12.8 Å². The van der Waals surface area contributed by atoms with Gasteiger partial charge < -0.3 is 5.32 Å². The van der Waals surface area contributed by atoms with Gasteiger partial charge >= 0.3 is 0 Å². The Morgan fingerprint density at radius 2 is 1.76 bits per heavy atom. The lowest BCUT2D eigenvalue weighted by molar-refractivity contribution is 0.624. The fraction of sp³-hybridized carbons (Fsp3) is 0.235. The molecule has 0 saturated heterocycles. The van der Waals surface area contributed by atoms with Gasteiger partial charge in [-0.3, -0.25) is 0 Å². The third-order valence-electron chi connectivity index (χ3n) is 3.46. The minimum Gasteiger partial charge on any atom is -0.353 e. The Labute approximate surface area is 132 Å². The second-order valence-electron chi connectivity index (χ2n) is 4.68. The molecular weight excluding hydrogens is 331 g/mol. The van der Waals surface area contributed by atoms with Gasteiger partial charge in [0.25, 0.3) is 0 Å². The number of nitriles is 1. The lowest BCUT2D eigenvalue weighted by atomic mass is 10.0. The summed E-state index contributed by atoms with van der Waals surface area (Å²) in [5, 5.41) is 12.1. The van der Waals surface area contributed by atoms with Gasteiger partial charge in [0, 0.05) is 5.69 Å². The topological polar surface area (TPSA) is 35.8 Å². The number of rotatable bonds is 4. The Morgan fingerprint density at radius 1 is 1.14 bits per heavy atom. The molecule has 4 heteroatoms. The van der Waals surface area contributed by atoms with Crippen molar-refractivity contribution in [3.63, 3.8) is 0 Å². The zero-order valence-corrected chi connectivity index (χ0v) is 13.6. The van der Waals surface area contributed by atoms with Gasteiger partial charge in [-0.2, -0.15) is 5.26 Å². The van der Waals surface area contributed by atoms with Crippen molar-refractivity contribution < 1.29 is 4.39 Å². The molecule has 0 heterocycles. The van der Waals surface area contributed by atoms with E-state index in [0.717, 1.165) is 29.7 Å². The Hall–Kier alpha value is -1.86. The quantitative estimate of drug-likeness (QED) is 0.812. The van der Waals surface area contributed by atoms with E-state index < -0.39 is 5.82 Å². The molecule has 0 atom stereocenters. The highest BCUT2D eigenvalue weighted by atomic mass is 79.9. The number of para-hydroxylation sites is 1. The van der Waals surface area contributed by atoms with Crippen molar-refractivity contribution in [3.05, 3.63) is 57.3 Å². The molecule has 1 N–H and O–H groups in total. The van der Waals surface area contributed by atoms with Crippen molar-refractivity contribution in [1.29, 1.82) is 5.26 Å². The minimum absolute atomic E-state index is 0.196. The second-order valence-corrected chi connectivity index (χ2v) is 5.48. The average molecular weight is 347 g/mol. The van der Waals surface area contributed by atoms with E-state index in [1.807, 2.05) is 24.3 Å². The molecule has 108 valence electrons. The van der Waals surface area contributed by atoms with Gasteiger partial charge in [0.15, 0.2) is 5.82 Å². The maximum atomic E-state index is 14.3. The molecule has 2 aromatic carbocycles. The van der Waals surface area contributed by atoms with Gasteiger partial charge in [0.2, 0.25) is 0 Å². The SMILES string of the molecule is CCc1cccc(CC)c1Nc1ccc(C#N)c(Br)c1F. The van der Waals surface area contributed by atoms with Crippen molar-refractivity contribution in [3.8, 4) is 6.07 Å². The molecule has 0 aliphatic rings. The lowest BCUT2D eigenvalue weighted by Gasteiger charge is -2.16. The van der Waals surface area contributed by atoms with Crippen molar-refractivity contribution in [1.82, 2.24) is 0 Å². The van der Waals surface area contributed by atoms with Crippen LogP contribution in [0, 0.1) is 17.1 Å². The molecule has 0 spiro atoms. The molecule has 0 amide bonds. The molecule has 0 radical (unpaired) electrons. The molecule has 21 heavy (non-hydrogen) atoms. The first-order chi connectivity index (χ1) is 10.1. The Morgan fingerprint density at radius 3 is 2.29 bits per heavy atom. The summed E-state index contributed by atoms with van der Waals surface area (Å²) in [6, 6.07) is 11.3. The summed E-state index contributed by atoms with van der Waals surface area (Å²) in [6.45, 7) is 4.15. The standard InChI is InChI=1S/C17H16BrFN2/c1-3-11-6-5-7-12(4-2)17(11)21-14-9-8-13(10-20)15(18)16(14)19/h5-9,21H,3-4H2,1-2H3. The van der Waals surface area contributed by atoms with E-state index in [9.17, 15) is 4.39 Å². The van der Waals surface area contributed by atoms with Gasteiger partial charge in [-0.05, 0) is 52.0 Å². The molecular formula is C17H16BrFN2. The van der Waals surface area contributed by atoms with Crippen LogP contribution in [0.5, 0.6) is 0 Å². The summed E-state index contributed by atoms with van der Waals surface area (Å²) in [5.41, 5.74) is 3.91. The number of benzene rings is 2. The maximum Gasteiger partial charge on any atom is 0.162 e. The van der Waals surface area contributed by atoms with Crippen LogP contribution in [0.2, 0.25) is 0 Å². The zero-order chi connectivity index (χ0) is 15.4. The fourth-order valence-corrected chi connectivity index (χ4v) is 2.70. The zero-order valence-electron chi connectivity index (χ0n) is 12.0. The molecule has 0 fully saturated rings. The normalized spacial score (nSPS) is 10.2. The molecule has 2 nitrogen and oxygen atoms in total. The third kappa shape index (κ3) is 3.08. The summed E-state index contributed by atoms with van der Waals surface area (Å²) >= 11 is 3.14. The van der Waals surface area contributed by atoms with E-state index in [1.54, 1.807) is 12.1 Å². The van der Waals surface area contributed by atoms with Crippen LogP contribution in [-0.4, -0.2) is 0 Å². The van der Waals surface area contributed by atoms with Crippen LogP contribution >= 0.6 is 15.9 Å². The number of halogens is 2. The minimum atomic E-state index is -0.443. The van der Waals surface area contributed by atoms with E-state index in [0.29, 0.717) is 5.69 Å². The average Bonchev–Trinajstić information content (AvgIpc) is 2.52. The van der Waals surface area contributed by atoms with Crippen LogP contribution in [0.3, 0.4) is 0 Å². The van der Waals surface area contributed by atoms with Gasteiger partial charge in [-0.15, -0.1) is 0 Å². The Bertz CT molecular complexity index is 682. The highest BCUT2D eigenvalue weighted by Gasteiger charge is 2.13. The van der Waals surface area contributed by atoms with Crippen molar-refractivity contribution in [2.45, 2.75) is 26.7 Å². The number of aryl methyl sites for hydroxylation is 2. The monoisotopic (exact) mass is 346 g/mol. The van der Waals surface area contributed by atoms with E-state index in [2.05, 4.69) is 35.1 Å². The van der Waals surface area contributed by atoms with Gasteiger partial charge in [0.05, 0.1) is 15.7 Å². The van der Waals surface area contributed by atoms with Crippen LogP contribution in [0.15, 0.2) is 34.8 Å². The van der Waals surface area contributed by atoms with Crippen molar-refractivity contribution in [2.75, 3.05) is 5.32 Å². The largest absolute Gasteiger partial charge is 0.353 e. The summed E-state index contributed by atoms with van der Waals surface area (Å²) in [7, 11) is 0. The summed E-state index contributed by atoms with van der Waals surface area (Å²) < 4.78 is 14.5. The van der Waals surface area contributed by atoms with E-state index in [1.165, 1.54) is 0 Å². The van der Waals surface area contributed by atoms with E-state index in [4.69, 9.17) is 5.26 Å². The second kappa shape index (κ2) is 6.73. The molecule has 0 bridgehead atoms. The summed E-state index contributed by atoms with van der Waals surface area (Å²) in [4.78, 5) is 0. The predicted octanol–water partition coefficient (Wildman–Crippen LogP) is 5.33. The first-order valence-electron chi connectivity index (χ1n) is 6.88. The molecule has 0 aliphatic heterocycles. The summed E-state index contributed by atoms with van der Waals surface area (Å²) in [5.74, 6) is -0.443. The number of nitrogens with one attached hydrogen (secondary N) is 1. The summed E-state index contributed by atoms with van der Waals surface area (Å²) in [6.07, 6.45) is 1.74. The number of hydrogen-bond acceptors (Lipinski definition) is 2. The smallest absolute Gasteiger partial charge is 0.162 e. The number of hydrogen-bond donors (Lipinski definition) is 1. The van der Waals surface area contributed by atoms with Gasteiger partial charge in [-0.1, -0.05) is 32.0 Å². The third-order valence-corrected chi connectivity index (χ3v) is 4.24. The van der Waals surface area contributed by atoms with Crippen molar-refractivity contribution in [2.24, 2.45) is 0 Å². The molecule has 2 rings (SSSR count). The molecule has 0 saturated carbocycles. The van der Waals surface area contributed by atoms with Crippen LogP contribution in [0.4, 0.5) is 15.8 Å². The molecule has 0 aromatic heterocycles. The van der Waals surface area contributed by atoms with Crippen LogP contribution in [0.1, 0.15) is 30.5 Å². The van der Waals surface area contributed by atoms with Crippen LogP contribution < -0.4 is 5.32 Å².